The molecule has 0 radical (unpaired) electrons. The van der Waals surface area contributed by atoms with Crippen LogP contribution < -0.4 is 5.32 Å². The molecule has 0 bridgehead atoms. The van der Waals surface area contributed by atoms with E-state index in [0.29, 0.717) is 4.47 Å². The van der Waals surface area contributed by atoms with Crippen molar-refractivity contribution in [3.8, 4) is 0 Å². The highest BCUT2D eigenvalue weighted by Gasteiger charge is 2.29. The van der Waals surface area contributed by atoms with Gasteiger partial charge < -0.3 is 5.32 Å². The molecule has 0 aromatic heterocycles. The van der Waals surface area contributed by atoms with Crippen molar-refractivity contribution in [2.75, 3.05) is 14.2 Å². The Kier molecular flexibility index (Phi) is 6.67. The minimum atomic E-state index is -3.95. The maximum Gasteiger partial charge on any atom is 0.266 e. The van der Waals surface area contributed by atoms with Gasteiger partial charge in [-0.1, -0.05) is 36.8 Å². The number of amides is 1. The molecule has 0 unspecified atom stereocenters. The quantitative estimate of drug-likeness (QED) is 0.754. The molecular weight excluding hydrogens is 364 g/mol. The third-order valence-corrected chi connectivity index (χ3v) is 5.65. The topological polar surface area (TPSA) is 75.7 Å². The molecule has 0 atom stereocenters. The molecule has 0 aliphatic carbocycles. The lowest BCUT2D eigenvalue weighted by molar-refractivity contribution is -0.0258. The average Bonchev–Trinajstić information content (AvgIpc) is 2.43. The van der Waals surface area contributed by atoms with Gasteiger partial charge in [-0.15, -0.1) is 0 Å². The Morgan fingerprint density at radius 2 is 1.80 bits per heavy atom. The smallest absolute Gasteiger partial charge is 0.266 e. The summed E-state index contributed by atoms with van der Waals surface area (Å²) in [5, 5.41) is 2.97. The van der Waals surface area contributed by atoms with Crippen LogP contribution in [0.5, 0.6) is 0 Å². The van der Waals surface area contributed by atoms with E-state index >= 15 is 0 Å². The lowest BCUT2D eigenvalue weighted by atomic mass is 9.81. The highest BCUT2D eigenvalue weighted by Crippen LogP contribution is 2.28. The molecule has 1 aromatic rings. The lowest BCUT2D eigenvalue weighted by Crippen LogP contribution is -2.45. The number of nitrogens with one attached hydrogen (secondary N) is 1. The van der Waals surface area contributed by atoms with Crippen molar-refractivity contribution in [1.82, 2.24) is 9.79 Å². The number of nitrogens with zero attached hydrogens (tertiary/aromatic N) is 1. The van der Waals surface area contributed by atoms with E-state index in [9.17, 15) is 13.2 Å². The predicted octanol–water partition coefficient (Wildman–Crippen LogP) is 3.47. The van der Waals surface area contributed by atoms with Crippen molar-refractivity contribution >= 4 is 27.5 Å². The Hall–Kier alpha value is -1.15. The number of hydrogen-bond donors (Lipinski definition) is 1. The van der Waals surface area contributed by atoms with Gasteiger partial charge in [0.15, 0.2) is 0 Å². The monoisotopic (exact) mass is 390 g/mol. The second-order valence-electron chi connectivity index (χ2n) is 7.82. The highest BCUT2D eigenvalue weighted by atomic mass is 35.5. The van der Waals surface area contributed by atoms with E-state index in [1.54, 1.807) is 0 Å². The Balaban J connectivity index is 3.16. The van der Waals surface area contributed by atoms with Crippen molar-refractivity contribution in [3.05, 3.63) is 28.8 Å². The Morgan fingerprint density at radius 3 is 2.28 bits per heavy atom. The number of benzene rings is 1. The van der Waals surface area contributed by atoms with Crippen LogP contribution in [-0.2, 0) is 14.9 Å². The van der Waals surface area contributed by atoms with Gasteiger partial charge in [0, 0.05) is 18.2 Å². The van der Waals surface area contributed by atoms with E-state index in [1.807, 2.05) is 13.8 Å². The zero-order chi connectivity index (χ0) is 19.6. The van der Waals surface area contributed by atoms with Crippen LogP contribution in [-0.4, -0.2) is 38.5 Å². The van der Waals surface area contributed by atoms with E-state index in [4.69, 9.17) is 16.4 Å². The Bertz CT molecular complexity index is 740. The van der Waals surface area contributed by atoms with Crippen LogP contribution in [0.1, 0.15) is 51.4 Å². The number of rotatable bonds is 6. The fourth-order valence-electron chi connectivity index (χ4n) is 2.83. The largest absolute Gasteiger partial charge is 0.347 e. The van der Waals surface area contributed by atoms with Crippen LogP contribution in [0, 0.1) is 5.41 Å². The zero-order valence-corrected chi connectivity index (χ0v) is 17.4. The molecule has 0 aliphatic heterocycles. The highest BCUT2D eigenvalue weighted by molar-refractivity contribution is 7.89. The summed E-state index contributed by atoms with van der Waals surface area (Å²) in [6.07, 6.45) is 0.761. The van der Waals surface area contributed by atoms with Crippen molar-refractivity contribution in [2.24, 2.45) is 5.41 Å². The van der Waals surface area contributed by atoms with E-state index in [2.05, 4.69) is 26.1 Å². The summed E-state index contributed by atoms with van der Waals surface area (Å²) in [5.41, 5.74) is -0.196. The maximum atomic E-state index is 12.6. The number of hydroxylamine groups is 1. The van der Waals surface area contributed by atoms with Gasteiger partial charge >= 0.3 is 0 Å². The molecule has 1 rings (SSSR count). The second-order valence-corrected chi connectivity index (χ2v) is 10.1. The predicted molar refractivity (Wildman–Crippen MR) is 99.0 cm³/mol. The molecule has 6 nitrogen and oxygen atoms in total. The molecule has 0 heterocycles. The van der Waals surface area contributed by atoms with Crippen LogP contribution in [0.3, 0.4) is 0 Å². The van der Waals surface area contributed by atoms with Crippen LogP contribution in [0.4, 0.5) is 0 Å². The van der Waals surface area contributed by atoms with Crippen LogP contribution >= 0.6 is 11.6 Å². The Labute approximate surface area is 155 Å². The fraction of sp³-hybridized carbons (Fsp3) is 0.588. The molecule has 0 aliphatic rings. The lowest BCUT2D eigenvalue weighted by Gasteiger charge is -2.33. The molecule has 25 heavy (non-hydrogen) atoms. The van der Waals surface area contributed by atoms with Crippen LogP contribution in [0.2, 0.25) is 5.02 Å². The van der Waals surface area contributed by atoms with Gasteiger partial charge in [-0.3, -0.25) is 9.63 Å². The van der Waals surface area contributed by atoms with E-state index in [0.717, 1.165) is 6.42 Å². The summed E-state index contributed by atoms with van der Waals surface area (Å²) in [4.78, 5) is 17.1. The second kappa shape index (κ2) is 7.61. The number of hydrogen-bond acceptors (Lipinski definition) is 4. The standard InChI is InChI=1S/C17H27ClN2O4S/c1-16(2,3)11-17(4,5)19-15(21)12-8-9-13(18)14(10-12)25(22,23)20(6)24-7/h8-10H,11H2,1-7H3,(H,19,21). The average molecular weight is 391 g/mol. The van der Waals surface area contributed by atoms with Crippen molar-refractivity contribution in [2.45, 2.75) is 51.5 Å². The molecule has 0 saturated carbocycles. The minimum Gasteiger partial charge on any atom is -0.347 e. The van der Waals surface area contributed by atoms with Gasteiger partial charge in [0.1, 0.15) is 4.90 Å². The summed E-state index contributed by atoms with van der Waals surface area (Å²) in [6.45, 7) is 10.1. The third kappa shape index (κ3) is 5.95. The molecule has 1 aromatic carbocycles. The third-order valence-electron chi connectivity index (χ3n) is 3.49. The van der Waals surface area contributed by atoms with Crippen LogP contribution in [0.15, 0.2) is 23.1 Å². The van der Waals surface area contributed by atoms with E-state index in [1.165, 1.54) is 32.4 Å². The summed E-state index contributed by atoms with van der Waals surface area (Å²) in [6, 6.07) is 4.15. The number of sulfonamides is 1. The SMILES string of the molecule is CON(C)S(=O)(=O)c1cc(C(=O)NC(C)(C)CC(C)(C)C)ccc1Cl. The van der Waals surface area contributed by atoms with Gasteiger partial charge in [0.05, 0.1) is 12.1 Å². The molecule has 142 valence electrons. The Morgan fingerprint density at radius 1 is 1.24 bits per heavy atom. The first-order valence-electron chi connectivity index (χ1n) is 7.85. The van der Waals surface area contributed by atoms with E-state index < -0.39 is 15.6 Å². The first kappa shape index (κ1) is 21.9. The normalized spacial score (nSPS) is 13.2. The first-order valence-corrected chi connectivity index (χ1v) is 9.66. The molecule has 0 fully saturated rings. The summed E-state index contributed by atoms with van der Waals surface area (Å²) in [7, 11) is -1.46. The molecule has 1 N–H and O–H groups in total. The zero-order valence-electron chi connectivity index (χ0n) is 15.8. The van der Waals surface area contributed by atoms with Gasteiger partial charge in [-0.2, -0.15) is 0 Å². The van der Waals surface area contributed by atoms with Gasteiger partial charge in [-0.25, -0.2) is 8.42 Å². The molecule has 0 saturated heterocycles. The maximum absolute atomic E-state index is 12.6. The molecule has 8 heteroatoms. The van der Waals surface area contributed by atoms with Crippen molar-refractivity contribution < 1.29 is 18.0 Å². The summed E-state index contributed by atoms with van der Waals surface area (Å²) in [5.74, 6) is -0.359. The summed E-state index contributed by atoms with van der Waals surface area (Å²) < 4.78 is 25.5. The number of carbonyl (C=O) groups is 1. The van der Waals surface area contributed by atoms with Crippen molar-refractivity contribution in [1.29, 1.82) is 0 Å². The van der Waals surface area contributed by atoms with Gasteiger partial charge in [0.2, 0.25) is 0 Å². The number of halogens is 1. The fourth-order valence-corrected chi connectivity index (χ4v) is 4.30. The molecular formula is C17H27ClN2O4S. The minimum absolute atomic E-state index is 0.0226. The van der Waals surface area contributed by atoms with Gasteiger partial charge in [-0.05, 0) is 43.9 Å². The summed E-state index contributed by atoms with van der Waals surface area (Å²) >= 11 is 6.01. The molecule has 1 amide bonds. The van der Waals surface area contributed by atoms with E-state index in [-0.39, 0.29) is 26.8 Å². The molecule has 0 spiro atoms. The first-order chi connectivity index (χ1) is 11.2. The van der Waals surface area contributed by atoms with Crippen LogP contribution in [0.25, 0.3) is 0 Å². The van der Waals surface area contributed by atoms with Crippen molar-refractivity contribution in [3.63, 3.8) is 0 Å². The van der Waals surface area contributed by atoms with Gasteiger partial charge in [0.25, 0.3) is 15.9 Å². The number of carbonyl (C=O) groups excluding carboxylic acids is 1.